The van der Waals surface area contributed by atoms with Crippen LogP contribution < -0.4 is 10.5 Å². The first-order valence-corrected chi connectivity index (χ1v) is 8.02. The maximum Gasteiger partial charge on any atom is 0.123 e. The first-order valence-electron chi connectivity index (χ1n) is 8.02. The van der Waals surface area contributed by atoms with Crippen LogP contribution in [0.3, 0.4) is 0 Å². The molecule has 1 aliphatic carbocycles. The minimum atomic E-state index is -0.309. The molecular weight excluding hydrogens is 301 g/mol. The van der Waals surface area contributed by atoms with Gasteiger partial charge in [-0.2, -0.15) is 0 Å². The number of allylic oxidation sites excluding steroid dienone is 3. The maximum absolute atomic E-state index is 13.8. The summed E-state index contributed by atoms with van der Waals surface area (Å²) in [6, 6.07) is 8.95. The van der Waals surface area contributed by atoms with E-state index >= 15 is 0 Å². The van der Waals surface area contributed by atoms with Crippen LogP contribution in [0.15, 0.2) is 48.6 Å². The van der Waals surface area contributed by atoms with Crippen molar-refractivity contribution in [1.29, 1.82) is 0 Å². The summed E-state index contributed by atoms with van der Waals surface area (Å²) < 4.78 is 19.3. The van der Waals surface area contributed by atoms with Gasteiger partial charge in [-0.1, -0.05) is 32.1 Å². The van der Waals surface area contributed by atoms with Crippen molar-refractivity contribution in [1.82, 2.24) is 0 Å². The van der Waals surface area contributed by atoms with E-state index in [1.54, 1.807) is 13.2 Å². The Hall–Kier alpha value is -2.55. The highest BCUT2D eigenvalue weighted by atomic mass is 19.1. The van der Waals surface area contributed by atoms with Crippen LogP contribution in [0.2, 0.25) is 0 Å². The molecule has 2 N–H and O–H groups in total. The zero-order chi connectivity index (χ0) is 17.5. The minimum Gasteiger partial charge on any atom is -0.497 e. The average molecular weight is 323 g/mol. The highest BCUT2D eigenvalue weighted by Gasteiger charge is 2.38. The van der Waals surface area contributed by atoms with Crippen LogP contribution >= 0.6 is 0 Å². The lowest BCUT2D eigenvalue weighted by Crippen LogP contribution is -2.15. The fourth-order valence-electron chi connectivity index (χ4n) is 3.43. The van der Waals surface area contributed by atoms with Gasteiger partial charge < -0.3 is 10.5 Å². The van der Waals surface area contributed by atoms with Gasteiger partial charge in [0.2, 0.25) is 0 Å². The van der Waals surface area contributed by atoms with E-state index in [1.165, 1.54) is 6.07 Å². The molecule has 2 aromatic carbocycles. The zero-order valence-electron chi connectivity index (χ0n) is 14.5. The largest absolute Gasteiger partial charge is 0.497 e. The molecule has 2 nitrogen and oxygen atoms in total. The van der Waals surface area contributed by atoms with Gasteiger partial charge in [0.05, 0.1) is 7.11 Å². The molecule has 0 fully saturated rings. The molecule has 0 aromatic heterocycles. The third kappa shape index (κ3) is 2.41. The predicted molar refractivity (Wildman–Crippen MR) is 97.5 cm³/mol. The lowest BCUT2D eigenvalue weighted by atomic mass is 9.82. The first-order chi connectivity index (χ1) is 11.4. The summed E-state index contributed by atoms with van der Waals surface area (Å²) >= 11 is 0. The summed E-state index contributed by atoms with van der Waals surface area (Å²) in [7, 11) is 1.64. The van der Waals surface area contributed by atoms with Crippen LogP contribution in [-0.4, -0.2) is 7.11 Å². The first kappa shape index (κ1) is 16.3. The van der Waals surface area contributed by atoms with E-state index in [0.717, 1.165) is 33.6 Å². The Morgan fingerprint density at radius 1 is 1.17 bits per heavy atom. The molecule has 0 bridgehead atoms. The molecular formula is C21H22FNO. The maximum atomic E-state index is 13.8. The van der Waals surface area contributed by atoms with Crippen molar-refractivity contribution >= 4 is 5.70 Å². The van der Waals surface area contributed by atoms with Crippen molar-refractivity contribution in [2.75, 3.05) is 7.11 Å². The normalized spacial score (nSPS) is 15.5. The van der Waals surface area contributed by atoms with Crippen molar-refractivity contribution in [2.45, 2.75) is 26.2 Å². The van der Waals surface area contributed by atoms with Crippen LogP contribution in [0, 0.1) is 5.82 Å². The molecule has 1 aliphatic rings. The summed E-state index contributed by atoms with van der Waals surface area (Å²) in [6.07, 6.45) is 5.72. The predicted octanol–water partition coefficient (Wildman–Crippen LogP) is 5.02. The van der Waals surface area contributed by atoms with Crippen molar-refractivity contribution in [3.63, 3.8) is 0 Å². The van der Waals surface area contributed by atoms with Crippen molar-refractivity contribution in [3.8, 4) is 16.9 Å². The number of halogens is 1. The molecule has 3 heteroatoms. The van der Waals surface area contributed by atoms with Gasteiger partial charge in [0.15, 0.2) is 0 Å². The second-order valence-corrected chi connectivity index (χ2v) is 6.56. The molecule has 0 atom stereocenters. The zero-order valence-corrected chi connectivity index (χ0v) is 14.5. The third-order valence-electron chi connectivity index (χ3n) is 4.72. The standard InChI is InChI=1S/C21H22FNO/c1-5-6-7-19(23)16-11-14(24-4)12-18-20(16)15-9-8-13(22)10-17(15)21(18,2)3/h5-12H,23H2,1-4H3/b6-5-,19-7-. The lowest BCUT2D eigenvalue weighted by Gasteiger charge is -2.22. The fourth-order valence-corrected chi connectivity index (χ4v) is 3.43. The molecule has 2 aromatic rings. The average Bonchev–Trinajstić information content (AvgIpc) is 2.79. The number of methoxy groups -OCH3 is 1. The van der Waals surface area contributed by atoms with Crippen LogP contribution in [-0.2, 0) is 5.41 Å². The van der Waals surface area contributed by atoms with Crippen LogP contribution in [0.4, 0.5) is 4.39 Å². The molecule has 0 amide bonds. The number of hydrogen-bond acceptors (Lipinski definition) is 2. The Morgan fingerprint density at radius 2 is 1.92 bits per heavy atom. The van der Waals surface area contributed by atoms with Gasteiger partial charge in [-0.15, -0.1) is 0 Å². The Kier molecular flexibility index (Phi) is 3.96. The van der Waals surface area contributed by atoms with Gasteiger partial charge in [-0.3, -0.25) is 0 Å². The van der Waals surface area contributed by atoms with Crippen LogP contribution in [0.5, 0.6) is 5.75 Å². The second kappa shape index (κ2) is 5.82. The number of fused-ring (bicyclic) bond motifs is 3. The summed E-state index contributed by atoms with van der Waals surface area (Å²) in [6.45, 7) is 6.15. The Labute approximate surface area is 142 Å². The van der Waals surface area contributed by atoms with E-state index in [4.69, 9.17) is 10.5 Å². The van der Waals surface area contributed by atoms with E-state index in [-0.39, 0.29) is 11.2 Å². The van der Waals surface area contributed by atoms with Crippen molar-refractivity contribution < 1.29 is 9.13 Å². The number of hydrogen-bond donors (Lipinski definition) is 1. The molecule has 0 heterocycles. The van der Waals surface area contributed by atoms with Gasteiger partial charge in [0.25, 0.3) is 0 Å². The highest BCUT2D eigenvalue weighted by Crippen LogP contribution is 2.52. The second-order valence-electron chi connectivity index (χ2n) is 6.56. The van der Waals surface area contributed by atoms with Gasteiger partial charge in [-0.05, 0) is 59.5 Å². The molecule has 0 aliphatic heterocycles. The number of benzene rings is 2. The van der Waals surface area contributed by atoms with Crippen LogP contribution in [0.25, 0.3) is 16.8 Å². The Bertz CT molecular complexity index is 862. The monoisotopic (exact) mass is 323 g/mol. The molecule has 0 saturated carbocycles. The van der Waals surface area contributed by atoms with Gasteiger partial charge in [0.1, 0.15) is 11.6 Å². The van der Waals surface area contributed by atoms with E-state index in [9.17, 15) is 4.39 Å². The minimum absolute atomic E-state index is 0.222. The number of nitrogens with two attached hydrogens (primary N) is 1. The number of ether oxygens (including phenoxy) is 1. The molecule has 0 unspecified atom stereocenters. The molecule has 0 saturated heterocycles. The number of rotatable bonds is 3. The van der Waals surface area contributed by atoms with Crippen LogP contribution in [0.1, 0.15) is 37.5 Å². The quantitative estimate of drug-likeness (QED) is 0.805. The van der Waals surface area contributed by atoms with Gasteiger partial charge in [0, 0.05) is 16.7 Å². The van der Waals surface area contributed by atoms with E-state index in [1.807, 2.05) is 43.4 Å². The summed E-state index contributed by atoms with van der Waals surface area (Å²) in [5.41, 5.74) is 11.8. The third-order valence-corrected chi connectivity index (χ3v) is 4.72. The van der Waals surface area contributed by atoms with Gasteiger partial charge >= 0.3 is 0 Å². The molecule has 3 rings (SSSR count). The summed E-state index contributed by atoms with van der Waals surface area (Å²) in [4.78, 5) is 0. The van der Waals surface area contributed by atoms with E-state index in [0.29, 0.717) is 5.70 Å². The highest BCUT2D eigenvalue weighted by molar-refractivity contribution is 5.90. The topological polar surface area (TPSA) is 35.2 Å². The lowest BCUT2D eigenvalue weighted by molar-refractivity contribution is 0.413. The van der Waals surface area contributed by atoms with Crippen molar-refractivity contribution in [2.24, 2.45) is 5.73 Å². The molecule has 24 heavy (non-hydrogen) atoms. The van der Waals surface area contributed by atoms with Crippen molar-refractivity contribution in [3.05, 3.63) is 71.1 Å². The molecule has 124 valence electrons. The summed E-state index contributed by atoms with van der Waals surface area (Å²) in [5.74, 6) is 0.530. The van der Waals surface area contributed by atoms with E-state index in [2.05, 4.69) is 13.8 Å². The van der Waals surface area contributed by atoms with Gasteiger partial charge in [-0.25, -0.2) is 4.39 Å². The van der Waals surface area contributed by atoms with E-state index < -0.39 is 0 Å². The molecule has 0 radical (unpaired) electrons. The molecule has 0 spiro atoms. The Morgan fingerprint density at radius 3 is 2.58 bits per heavy atom. The smallest absolute Gasteiger partial charge is 0.123 e. The summed E-state index contributed by atoms with van der Waals surface area (Å²) in [5, 5.41) is 0. The fraction of sp³-hybridized carbons (Fsp3) is 0.238. The Balaban J connectivity index is 2.36. The SMILES string of the molecule is C/C=C\C=C(/N)c1cc(OC)cc2c1-c1ccc(F)cc1C2(C)C.